The first-order valence-electron chi connectivity index (χ1n) is 10.8. The van der Waals surface area contributed by atoms with E-state index >= 15 is 0 Å². The van der Waals surface area contributed by atoms with E-state index < -0.39 is 0 Å². The summed E-state index contributed by atoms with van der Waals surface area (Å²) in [6.07, 6.45) is 3.85. The highest BCUT2D eigenvalue weighted by Gasteiger charge is 2.23. The van der Waals surface area contributed by atoms with Crippen molar-refractivity contribution in [2.24, 2.45) is 10.9 Å². The molecule has 0 aromatic heterocycles. The smallest absolute Gasteiger partial charge is 0.193 e. The van der Waals surface area contributed by atoms with E-state index in [1.165, 1.54) is 44.6 Å². The number of methoxy groups -OCH3 is 1. The van der Waals surface area contributed by atoms with Gasteiger partial charge in [0.1, 0.15) is 5.75 Å². The minimum absolute atomic E-state index is 0. The quantitative estimate of drug-likeness (QED) is 0.359. The van der Waals surface area contributed by atoms with E-state index in [-0.39, 0.29) is 24.0 Å². The predicted molar refractivity (Wildman–Crippen MR) is 133 cm³/mol. The molecule has 0 bridgehead atoms. The molecule has 1 aromatic rings. The first-order valence-corrected chi connectivity index (χ1v) is 10.8. The summed E-state index contributed by atoms with van der Waals surface area (Å²) >= 11 is 0. The van der Waals surface area contributed by atoms with Gasteiger partial charge in [-0.2, -0.15) is 0 Å². The summed E-state index contributed by atoms with van der Waals surface area (Å²) < 4.78 is 5.53. The van der Waals surface area contributed by atoms with Crippen LogP contribution in [0.15, 0.2) is 29.3 Å². The Bertz CT molecular complexity index is 625. The molecule has 6 nitrogen and oxygen atoms in total. The molecule has 3 rings (SSSR count). The third-order valence-corrected chi connectivity index (χ3v) is 6.01. The van der Waals surface area contributed by atoms with Crippen LogP contribution in [0.5, 0.6) is 5.75 Å². The van der Waals surface area contributed by atoms with Gasteiger partial charge in [0.25, 0.3) is 0 Å². The maximum absolute atomic E-state index is 5.53. The van der Waals surface area contributed by atoms with Gasteiger partial charge in [-0.3, -0.25) is 4.99 Å². The maximum atomic E-state index is 5.53. The maximum Gasteiger partial charge on any atom is 0.193 e. The molecule has 29 heavy (non-hydrogen) atoms. The van der Waals surface area contributed by atoms with Crippen LogP contribution >= 0.6 is 24.0 Å². The largest absolute Gasteiger partial charge is 0.495 e. The summed E-state index contributed by atoms with van der Waals surface area (Å²) in [5.41, 5.74) is 1.19. The fourth-order valence-electron chi connectivity index (χ4n) is 4.35. The summed E-state index contributed by atoms with van der Waals surface area (Å²) in [7, 11) is 3.65. The Hall–Kier alpha value is -1.22. The van der Waals surface area contributed by atoms with Crippen LogP contribution in [-0.2, 0) is 0 Å². The summed E-state index contributed by atoms with van der Waals surface area (Å²) in [5, 5.41) is 3.65. The fourth-order valence-corrected chi connectivity index (χ4v) is 4.35. The number of anilines is 1. The van der Waals surface area contributed by atoms with Crippen molar-refractivity contribution in [1.82, 2.24) is 15.1 Å². The van der Waals surface area contributed by atoms with Crippen LogP contribution in [0.2, 0.25) is 0 Å². The van der Waals surface area contributed by atoms with Gasteiger partial charge >= 0.3 is 0 Å². The summed E-state index contributed by atoms with van der Waals surface area (Å²) in [4.78, 5) is 11.9. The molecule has 2 aliphatic heterocycles. The van der Waals surface area contributed by atoms with Crippen molar-refractivity contribution in [2.75, 3.05) is 71.4 Å². The number of hydrogen-bond acceptors (Lipinski definition) is 4. The second-order valence-electron chi connectivity index (χ2n) is 7.86. The lowest BCUT2D eigenvalue weighted by molar-refractivity contribution is 0.184. The molecule has 7 heteroatoms. The van der Waals surface area contributed by atoms with Gasteiger partial charge < -0.3 is 24.8 Å². The molecule has 0 atom stereocenters. The lowest BCUT2D eigenvalue weighted by atomic mass is 9.97. The molecule has 1 aromatic carbocycles. The minimum Gasteiger partial charge on any atom is -0.495 e. The highest BCUT2D eigenvalue weighted by Crippen LogP contribution is 2.28. The Morgan fingerprint density at radius 3 is 2.41 bits per heavy atom. The number of halogens is 1. The van der Waals surface area contributed by atoms with Crippen molar-refractivity contribution < 1.29 is 4.74 Å². The number of guanidine groups is 1. The Morgan fingerprint density at radius 1 is 1.10 bits per heavy atom. The number of nitrogens with zero attached hydrogens (tertiary/aromatic N) is 4. The van der Waals surface area contributed by atoms with Crippen molar-refractivity contribution in [3.8, 4) is 5.75 Å². The highest BCUT2D eigenvalue weighted by molar-refractivity contribution is 14.0. The van der Waals surface area contributed by atoms with Gasteiger partial charge in [-0.05, 0) is 56.9 Å². The first-order chi connectivity index (χ1) is 13.7. The Morgan fingerprint density at radius 2 is 1.79 bits per heavy atom. The zero-order valence-electron chi connectivity index (χ0n) is 18.3. The van der Waals surface area contributed by atoms with E-state index in [1.807, 2.05) is 19.2 Å². The van der Waals surface area contributed by atoms with Crippen LogP contribution in [0.25, 0.3) is 0 Å². The molecular weight excluding hydrogens is 477 g/mol. The van der Waals surface area contributed by atoms with Gasteiger partial charge in [0.15, 0.2) is 5.96 Å². The number of aliphatic imine (C=N–C) groups is 1. The second-order valence-corrected chi connectivity index (χ2v) is 7.86. The molecule has 2 saturated heterocycles. The lowest BCUT2D eigenvalue weighted by Crippen LogP contribution is -2.53. The van der Waals surface area contributed by atoms with Crippen molar-refractivity contribution in [3.05, 3.63) is 24.3 Å². The van der Waals surface area contributed by atoms with Gasteiger partial charge in [-0.25, -0.2) is 0 Å². The molecule has 0 unspecified atom stereocenters. The molecule has 0 radical (unpaired) electrons. The Labute approximate surface area is 193 Å². The Kier molecular flexibility index (Phi) is 10.3. The van der Waals surface area contributed by atoms with E-state index in [9.17, 15) is 0 Å². The van der Waals surface area contributed by atoms with Crippen LogP contribution in [-0.4, -0.2) is 82.3 Å². The standard InChI is InChI=1S/C22H37N5O.HI/c1-4-11-25-12-9-19(10-13-25)18-24-22(23-2)27-16-14-26(15-17-27)20-7-5-6-8-21(20)28-3;/h5-8,19H,4,9-18H2,1-3H3,(H,23,24);1H. The van der Waals surface area contributed by atoms with Crippen molar-refractivity contribution >= 4 is 35.6 Å². The van der Waals surface area contributed by atoms with Crippen LogP contribution < -0.4 is 15.0 Å². The molecule has 0 spiro atoms. The predicted octanol–water partition coefficient (Wildman–Crippen LogP) is 3.13. The molecule has 0 amide bonds. The zero-order valence-corrected chi connectivity index (χ0v) is 20.6. The van der Waals surface area contributed by atoms with Crippen molar-refractivity contribution in [2.45, 2.75) is 26.2 Å². The molecular formula is C22H38IN5O. The highest BCUT2D eigenvalue weighted by atomic mass is 127. The van der Waals surface area contributed by atoms with Crippen LogP contribution in [0.4, 0.5) is 5.69 Å². The lowest BCUT2D eigenvalue weighted by Gasteiger charge is -2.38. The third-order valence-electron chi connectivity index (χ3n) is 6.01. The van der Waals surface area contributed by atoms with Crippen LogP contribution in [0, 0.1) is 5.92 Å². The van der Waals surface area contributed by atoms with Gasteiger partial charge in [0, 0.05) is 39.8 Å². The van der Waals surface area contributed by atoms with Gasteiger partial charge in [0.2, 0.25) is 0 Å². The van der Waals surface area contributed by atoms with E-state index in [0.717, 1.165) is 50.4 Å². The average Bonchev–Trinajstić information content (AvgIpc) is 2.76. The Balaban J connectivity index is 0.00000300. The summed E-state index contributed by atoms with van der Waals surface area (Å²) in [5.74, 6) is 2.77. The number of piperazine rings is 1. The first kappa shape index (κ1) is 24.1. The van der Waals surface area contributed by atoms with E-state index in [1.54, 1.807) is 7.11 Å². The van der Waals surface area contributed by atoms with Gasteiger partial charge in [0.05, 0.1) is 12.8 Å². The number of rotatable bonds is 6. The number of piperidine rings is 1. The topological polar surface area (TPSA) is 43.3 Å². The number of likely N-dealkylation sites (tertiary alicyclic amines) is 1. The molecule has 2 aliphatic rings. The average molecular weight is 515 g/mol. The monoisotopic (exact) mass is 515 g/mol. The van der Waals surface area contributed by atoms with Crippen LogP contribution in [0.3, 0.4) is 0 Å². The molecule has 0 aliphatic carbocycles. The third kappa shape index (κ3) is 6.64. The van der Waals surface area contributed by atoms with E-state index in [0.29, 0.717) is 0 Å². The fraction of sp³-hybridized carbons (Fsp3) is 0.682. The number of hydrogen-bond donors (Lipinski definition) is 1. The van der Waals surface area contributed by atoms with Crippen LogP contribution in [0.1, 0.15) is 26.2 Å². The SMILES string of the molecule is CCCN1CCC(CNC(=NC)N2CCN(c3ccccc3OC)CC2)CC1.I. The molecule has 0 saturated carbocycles. The van der Waals surface area contributed by atoms with E-state index in [4.69, 9.17) is 4.74 Å². The molecule has 164 valence electrons. The van der Waals surface area contributed by atoms with E-state index in [2.05, 4.69) is 44.1 Å². The summed E-state index contributed by atoms with van der Waals surface area (Å²) in [6, 6.07) is 8.29. The van der Waals surface area contributed by atoms with Crippen molar-refractivity contribution in [3.63, 3.8) is 0 Å². The van der Waals surface area contributed by atoms with Gasteiger partial charge in [-0.15, -0.1) is 24.0 Å². The minimum atomic E-state index is 0. The number of benzene rings is 1. The summed E-state index contributed by atoms with van der Waals surface area (Å²) in [6.45, 7) is 11.0. The normalized spacial score (nSPS) is 19.1. The van der Waals surface area contributed by atoms with Gasteiger partial charge in [-0.1, -0.05) is 19.1 Å². The molecule has 2 heterocycles. The number of ether oxygens (including phenoxy) is 1. The van der Waals surface area contributed by atoms with Crippen molar-refractivity contribution in [1.29, 1.82) is 0 Å². The second kappa shape index (κ2) is 12.5. The zero-order chi connectivity index (χ0) is 19.8. The number of nitrogens with one attached hydrogen (secondary N) is 1. The number of para-hydroxylation sites is 2. The molecule has 1 N–H and O–H groups in total. The molecule has 2 fully saturated rings.